The van der Waals surface area contributed by atoms with E-state index in [4.69, 9.17) is 0 Å². The first-order valence-corrected chi connectivity index (χ1v) is 4.95. The van der Waals surface area contributed by atoms with E-state index in [0.29, 0.717) is 6.42 Å². The molecule has 0 fully saturated rings. The lowest BCUT2D eigenvalue weighted by atomic mass is 10.4. The lowest BCUT2D eigenvalue weighted by molar-refractivity contribution is -0.697. The molecule has 0 saturated heterocycles. The Labute approximate surface area is 79.7 Å². The summed E-state index contributed by atoms with van der Waals surface area (Å²) < 4.78 is 26.3. The normalized spacial score (nSPS) is 12.7. The monoisotopic (exact) mass is 201 g/mol. The summed E-state index contributed by atoms with van der Waals surface area (Å²) in [6, 6.07) is 5.78. The number of aryl methyl sites for hydroxylation is 1. The van der Waals surface area contributed by atoms with Gasteiger partial charge in [-0.15, -0.1) is 0 Å². The van der Waals surface area contributed by atoms with Crippen LogP contribution in [0.25, 0.3) is 0 Å². The first-order chi connectivity index (χ1) is 6.29. The average molecular weight is 201 g/mol. The second-order valence-electron chi connectivity index (χ2n) is 2.49. The molecule has 13 heavy (non-hydrogen) atoms. The Morgan fingerprint density at radius 3 is 2.62 bits per heavy atom. The average Bonchev–Trinajstić information content (AvgIpc) is 2.14. The molecule has 1 aromatic rings. The van der Waals surface area contributed by atoms with Gasteiger partial charge in [0.15, 0.2) is 18.9 Å². The molecule has 1 aromatic heterocycles. The first-order valence-electron chi connectivity index (χ1n) is 3.95. The van der Waals surface area contributed by atoms with Gasteiger partial charge in [-0.25, -0.2) is 8.78 Å². The summed E-state index contributed by atoms with van der Waals surface area (Å²) in [5, 5.41) is 0. The highest BCUT2D eigenvalue weighted by Crippen LogP contribution is 1.86. The number of rotatable bonds is 5. The Morgan fingerprint density at radius 2 is 2.00 bits per heavy atom. The molecule has 0 spiro atoms. The van der Waals surface area contributed by atoms with Crippen LogP contribution < -0.4 is 4.57 Å². The van der Waals surface area contributed by atoms with Crippen LogP contribution in [-0.4, -0.2) is 15.4 Å². The van der Waals surface area contributed by atoms with E-state index in [9.17, 15) is 8.76 Å². The van der Waals surface area contributed by atoms with E-state index in [1.807, 2.05) is 35.2 Å². The van der Waals surface area contributed by atoms with E-state index in [1.54, 1.807) is 0 Å². The number of pyridine rings is 1. The van der Waals surface area contributed by atoms with Crippen LogP contribution in [0.5, 0.6) is 0 Å². The number of hydrogen-bond acceptors (Lipinski definition) is 3. The minimum Gasteiger partial charge on any atom is -0.750 e. The summed E-state index contributed by atoms with van der Waals surface area (Å²) in [6.45, 7) is 0.996. The quantitative estimate of drug-likeness (QED) is 0.388. The third-order valence-electron chi connectivity index (χ3n) is 1.52. The summed E-state index contributed by atoms with van der Waals surface area (Å²) in [5.41, 5.74) is 0. The predicted molar refractivity (Wildman–Crippen MR) is 46.1 cm³/mol. The molecule has 0 aliphatic carbocycles. The van der Waals surface area contributed by atoms with E-state index < -0.39 is 11.4 Å². The molecule has 0 radical (unpaired) electrons. The van der Waals surface area contributed by atoms with Crippen molar-refractivity contribution in [2.45, 2.75) is 13.0 Å². The summed E-state index contributed by atoms with van der Waals surface area (Å²) >= 11 is -2.38. The van der Waals surface area contributed by atoms with Crippen LogP contribution in [0.4, 0.5) is 0 Å². The van der Waals surface area contributed by atoms with Gasteiger partial charge in [-0.1, -0.05) is 6.07 Å². The zero-order valence-corrected chi connectivity index (χ0v) is 7.90. The van der Waals surface area contributed by atoms with E-state index >= 15 is 0 Å². The van der Waals surface area contributed by atoms with Crippen molar-refractivity contribution in [1.82, 2.24) is 0 Å². The van der Waals surface area contributed by atoms with Crippen molar-refractivity contribution in [2.24, 2.45) is 0 Å². The van der Waals surface area contributed by atoms with Crippen molar-refractivity contribution in [3.63, 3.8) is 0 Å². The molecule has 0 aliphatic heterocycles. The third kappa shape index (κ3) is 4.72. The summed E-state index contributed by atoms with van der Waals surface area (Å²) in [4.78, 5) is 0. The van der Waals surface area contributed by atoms with Gasteiger partial charge < -0.3 is 8.74 Å². The van der Waals surface area contributed by atoms with Gasteiger partial charge in [0, 0.05) is 18.6 Å². The zero-order chi connectivity index (χ0) is 9.52. The minimum atomic E-state index is -2.38. The molecular formula is C8H11NO3S. The minimum absolute atomic E-state index is 0.234. The lowest BCUT2D eigenvalue weighted by Crippen LogP contribution is -2.32. The van der Waals surface area contributed by atoms with Gasteiger partial charge in [-0.05, 0) is 0 Å². The summed E-state index contributed by atoms with van der Waals surface area (Å²) in [7, 11) is 0. The van der Waals surface area contributed by atoms with Gasteiger partial charge in [-0.3, -0.25) is 0 Å². The highest BCUT2D eigenvalue weighted by Gasteiger charge is 1.96. The van der Waals surface area contributed by atoms with Gasteiger partial charge in [0.1, 0.15) is 0 Å². The van der Waals surface area contributed by atoms with Gasteiger partial charge in [0.05, 0.1) is 18.0 Å². The summed E-state index contributed by atoms with van der Waals surface area (Å²) in [6.07, 6.45) is 4.53. The standard InChI is InChI=1S/C8H11NO3S/c10-13(11)12-8-4-7-9-5-2-1-3-6-9/h1-3,5-6H,4,7-8H2. The Balaban J connectivity index is 2.17. The van der Waals surface area contributed by atoms with Crippen molar-refractivity contribution < 1.29 is 17.5 Å². The molecular weight excluding hydrogens is 190 g/mol. The topological polar surface area (TPSA) is 53.2 Å². The second kappa shape index (κ2) is 5.80. The Morgan fingerprint density at radius 1 is 1.31 bits per heavy atom. The van der Waals surface area contributed by atoms with E-state index in [0.717, 1.165) is 6.54 Å². The van der Waals surface area contributed by atoms with Crippen LogP contribution in [0.15, 0.2) is 30.6 Å². The number of aromatic nitrogens is 1. The fourth-order valence-electron chi connectivity index (χ4n) is 0.957. The maximum absolute atomic E-state index is 9.98. The van der Waals surface area contributed by atoms with Crippen molar-refractivity contribution in [3.8, 4) is 0 Å². The molecule has 1 unspecified atom stereocenters. The SMILES string of the molecule is O=S([O-])OCCC[n+]1ccccc1. The molecule has 0 bridgehead atoms. The van der Waals surface area contributed by atoms with Crippen LogP contribution in [0, 0.1) is 0 Å². The molecule has 0 saturated carbocycles. The third-order valence-corrected chi connectivity index (χ3v) is 1.88. The van der Waals surface area contributed by atoms with Gasteiger partial charge in [0.25, 0.3) is 0 Å². The zero-order valence-electron chi connectivity index (χ0n) is 7.09. The van der Waals surface area contributed by atoms with Crippen LogP contribution in [0.2, 0.25) is 0 Å². The van der Waals surface area contributed by atoms with Crippen LogP contribution in [-0.2, 0) is 22.1 Å². The van der Waals surface area contributed by atoms with E-state index in [1.165, 1.54) is 0 Å². The molecule has 5 heteroatoms. The smallest absolute Gasteiger partial charge is 0.168 e. The molecule has 0 aliphatic rings. The molecule has 1 rings (SSSR count). The van der Waals surface area contributed by atoms with Gasteiger partial charge >= 0.3 is 0 Å². The number of hydrogen-bond donors (Lipinski definition) is 0. The van der Waals surface area contributed by atoms with Crippen LogP contribution in [0.1, 0.15) is 6.42 Å². The van der Waals surface area contributed by atoms with Gasteiger partial charge in [0.2, 0.25) is 0 Å². The molecule has 0 aromatic carbocycles. The van der Waals surface area contributed by atoms with Crippen molar-refractivity contribution >= 4 is 11.4 Å². The lowest BCUT2D eigenvalue weighted by Gasteiger charge is -2.03. The highest BCUT2D eigenvalue weighted by molar-refractivity contribution is 7.74. The first kappa shape index (κ1) is 10.3. The number of nitrogens with zero attached hydrogens (tertiary/aromatic N) is 1. The van der Waals surface area contributed by atoms with Crippen molar-refractivity contribution in [2.75, 3.05) is 6.61 Å². The van der Waals surface area contributed by atoms with Crippen LogP contribution >= 0.6 is 0 Å². The van der Waals surface area contributed by atoms with Crippen LogP contribution in [0.3, 0.4) is 0 Å². The highest BCUT2D eigenvalue weighted by atomic mass is 32.2. The second-order valence-corrected chi connectivity index (χ2v) is 3.14. The maximum Gasteiger partial charge on any atom is 0.168 e. The molecule has 4 nitrogen and oxygen atoms in total. The molecule has 1 atom stereocenters. The summed E-state index contributed by atoms with van der Waals surface area (Å²) in [5.74, 6) is 0. The van der Waals surface area contributed by atoms with E-state index in [2.05, 4.69) is 4.18 Å². The predicted octanol–water partition coefficient (Wildman–Crippen LogP) is 0.175. The fraction of sp³-hybridized carbons (Fsp3) is 0.375. The van der Waals surface area contributed by atoms with Crippen molar-refractivity contribution in [1.29, 1.82) is 0 Å². The molecule has 72 valence electrons. The maximum atomic E-state index is 9.98. The Kier molecular flexibility index (Phi) is 4.59. The molecule has 0 N–H and O–H groups in total. The van der Waals surface area contributed by atoms with Crippen molar-refractivity contribution in [3.05, 3.63) is 30.6 Å². The Hall–Kier alpha value is -0.780. The Bertz CT molecular complexity index is 265. The molecule has 1 heterocycles. The molecule has 0 amide bonds. The fourth-order valence-corrected chi connectivity index (χ4v) is 1.21. The largest absolute Gasteiger partial charge is 0.750 e. The van der Waals surface area contributed by atoms with Gasteiger partial charge in [-0.2, -0.15) is 0 Å². The van der Waals surface area contributed by atoms with E-state index in [-0.39, 0.29) is 6.61 Å².